The van der Waals surface area contributed by atoms with Crippen molar-refractivity contribution in [2.24, 2.45) is 0 Å². The van der Waals surface area contributed by atoms with E-state index in [4.69, 9.17) is 14.2 Å². The highest BCUT2D eigenvalue weighted by atomic mass is 16.8. The molecule has 0 N–H and O–H groups in total. The van der Waals surface area contributed by atoms with Crippen molar-refractivity contribution >= 4 is 11.6 Å². The SMILES string of the molecule is COC(C)OC(C)OC.O=C(C(=O)c1ccccc1)c1ccccc1. The first-order valence-electron chi connectivity index (χ1n) is 7.89. The third-order valence-electron chi connectivity index (χ3n) is 3.33. The monoisotopic (exact) mass is 344 g/mol. The number of Topliss-reactive ketones (excluding diaryl/α,β-unsaturated/α-hetero) is 2. The fraction of sp³-hybridized carbons (Fsp3) is 0.300. The summed E-state index contributed by atoms with van der Waals surface area (Å²) in [5.74, 6) is -0.932. The summed E-state index contributed by atoms with van der Waals surface area (Å²) >= 11 is 0. The summed E-state index contributed by atoms with van der Waals surface area (Å²) in [6, 6.07) is 17.2. The zero-order chi connectivity index (χ0) is 18.7. The summed E-state index contributed by atoms with van der Waals surface area (Å²) in [6.45, 7) is 3.63. The predicted molar refractivity (Wildman–Crippen MR) is 95.6 cm³/mol. The molecule has 5 nitrogen and oxygen atoms in total. The lowest BCUT2D eigenvalue weighted by molar-refractivity contribution is -0.213. The quantitative estimate of drug-likeness (QED) is 0.435. The molecule has 0 aliphatic rings. The Morgan fingerprint density at radius 2 is 1.00 bits per heavy atom. The molecule has 2 atom stereocenters. The molecular formula is C20H24O5. The minimum Gasteiger partial charge on any atom is -0.356 e. The van der Waals surface area contributed by atoms with E-state index in [1.807, 2.05) is 26.0 Å². The molecule has 0 saturated carbocycles. The zero-order valence-electron chi connectivity index (χ0n) is 15.0. The van der Waals surface area contributed by atoms with Gasteiger partial charge in [0.15, 0.2) is 12.6 Å². The molecule has 2 rings (SSSR count). The molecule has 2 unspecified atom stereocenters. The lowest BCUT2D eigenvalue weighted by Gasteiger charge is -2.15. The Kier molecular flexibility index (Phi) is 9.32. The molecule has 0 radical (unpaired) electrons. The first kappa shape index (κ1) is 20.7. The third-order valence-corrected chi connectivity index (χ3v) is 3.33. The number of carbonyl (C=O) groups excluding carboxylic acids is 2. The minimum atomic E-state index is -0.466. The van der Waals surface area contributed by atoms with Crippen molar-refractivity contribution in [2.45, 2.75) is 26.4 Å². The second kappa shape index (κ2) is 11.3. The molecule has 0 aliphatic carbocycles. The van der Waals surface area contributed by atoms with Crippen LogP contribution in [0.3, 0.4) is 0 Å². The number of hydrogen-bond acceptors (Lipinski definition) is 5. The van der Waals surface area contributed by atoms with Crippen molar-refractivity contribution in [3.63, 3.8) is 0 Å². The van der Waals surface area contributed by atoms with Crippen LogP contribution in [0.1, 0.15) is 34.6 Å². The van der Waals surface area contributed by atoms with Gasteiger partial charge in [-0.25, -0.2) is 0 Å². The summed E-state index contributed by atoms with van der Waals surface area (Å²) in [7, 11) is 3.18. The molecule has 0 spiro atoms. The van der Waals surface area contributed by atoms with Gasteiger partial charge in [-0.1, -0.05) is 60.7 Å². The average Bonchev–Trinajstić information content (AvgIpc) is 2.68. The molecule has 0 heterocycles. The normalized spacial score (nSPS) is 12.5. The molecule has 0 aromatic heterocycles. The Labute approximate surface area is 148 Å². The molecule has 0 bridgehead atoms. The molecule has 0 fully saturated rings. The Balaban J connectivity index is 0.000000299. The molecule has 0 amide bonds. The third kappa shape index (κ3) is 7.39. The molecule has 5 heteroatoms. The maximum atomic E-state index is 11.8. The van der Waals surface area contributed by atoms with Crippen LogP contribution in [0.4, 0.5) is 0 Å². The van der Waals surface area contributed by atoms with Gasteiger partial charge >= 0.3 is 0 Å². The summed E-state index contributed by atoms with van der Waals surface area (Å²) in [5, 5.41) is 0. The van der Waals surface area contributed by atoms with E-state index in [-0.39, 0.29) is 12.6 Å². The van der Waals surface area contributed by atoms with Crippen LogP contribution in [0.5, 0.6) is 0 Å². The Hall–Kier alpha value is -2.34. The summed E-state index contributed by atoms with van der Waals surface area (Å²) in [5.41, 5.74) is 0.854. The van der Waals surface area contributed by atoms with Crippen LogP contribution in [-0.4, -0.2) is 38.4 Å². The van der Waals surface area contributed by atoms with Gasteiger partial charge < -0.3 is 14.2 Å². The van der Waals surface area contributed by atoms with Crippen LogP contribution in [0, 0.1) is 0 Å². The molecule has 134 valence electrons. The van der Waals surface area contributed by atoms with E-state index in [9.17, 15) is 9.59 Å². The van der Waals surface area contributed by atoms with Crippen molar-refractivity contribution in [1.82, 2.24) is 0 Å². The number of ketones is 2. The van der Waals surface area contributed by atoms with Crippen molar-refractivity contribution in [3.8, 4) is 0 Å². The van der Waals surface area contributed by atoms with Crippen molar-refractivity contribution in [1.29, 1.82) is 0 Å². The lowest BCUT2D eigenvalue weighted by atomic mass is 10.0. The van der Waals surface area contributed by atoms with E-state index >= 15 is 0 Å². The maximum Gasteiger partial charge on any atom is 0.233 e. The van der Waals surface area contributed by atoms with E-state index in [1.165, 1.54) is 0 Å². The van der Waals surface area contributed by atoms with Crippen LogP contribution in [0.25, 0.3) is 0 Å². The fourth-order valence-electron chi connectivity index (χ4n) is 1.82. The number of methoxy groups -OCH3 is 2. The number of carbonyl (C=O) groups is 2. The van der Waals surface area contributed by atoms with E-state index in [1.54, 1.807) is 62.8 Å². The van der Waals surface area contributed by atoms with E-state index < -0.39 is 11.6 Å². The number of rotatable bonds is 7. The van der Waals surface area contributed by atoms with Gasteiger partial charge in [0, 0.05) is 25.3 Å². The van der Waals surface area contributed by atoms with Crippen LogP contribution in [-0.2, 0) is 14.2 Å². The van der Waals surface area contributed by atoms with Gasteiger partial charge in [0.05, 0.1) is 0 Å². The molecule has 0 aliphatic heterocycles. The van der Waals surface area contributed by atoms with Crippen LogP contribution in [0.15, 0.2) is 60.7 Å². The largest absolute Gasteiger partial charge is 0.356 e. The smallest absolute Gasteiger partial charge is 0.233 e. The molecule has 0 saturated heterocycles. The topological polar surface area (TPSA) is 61.8 Å². The predicted octanol–water partition coefficient (Wildman–Crippen LogP) is 3.74. The van der Waals surface area contributed by atoms with E-state index in [0.717, 1.165) is 0 Å². The first-order chi connectivity index (χ1) is 12.0. The Morgan fingerprint density at radius 3 is 1.28 bits per heavy atom. The van der Waals surface area contributed by atoms with Crippen molar-refractivity contribution in [3.05, 3.63) is 71.8 Å². The van der Waals surface area contributed by atoms with E-state index in [0.29, 0.717) is 11.1 Å². The average molecular weight is 344 g/mol. The summed E-state index contributed by atoms with van der Waals surface area (Å²) in [6.07, 6.45) is -0.389. The second-order valence-corrected chi connectivity index (χ2v) is 5.13. The van der Waals surface area contributed by atoms with Crippen LogP contribution in [0.2, 0.25) is 0 Å². The first-order valence-corrected chi connectivity index (χ1v) is 7.89. The van der Waals surface area contributed by atoms with Gasteiger partial charge in [-0.3, -0.25) is 9.59 Å². The van der Waals surface area contributed by atoms with Gasteiger partial charge in [-0.2, -0.15) is 0 Å². The second-order valence-electron chi connectivity index (χ2n) is 5.13. The molecule has 2 aromatic carbocycles. The summed E-state index contributed by atoms with van der Waals surface area (Å²) < 4.78 is 14.7. The highest BCUT2D eigenvalue weighted by Gasteiger charge is 2.17. The maximum absolute atomic E-state index is 11.8. The highest BCUT2D eigenvalue weighted by molar-refractivity contribution is 6.49. The summed E-state index contributed by atoms with van der Waals surface area (Å²) in [4.78, 5) is 23.6. The van der Waals surface area contributed by atoms with Gasteiger partial charge in [0.1, 0.15) is 0 Å². The van der Waals surface area contributed by atoms with Crippen molar-refractivity contribution in [2.75, 3.05) is 14.2 Å². The van der Waals surface area contributed by atoms with Gasteiger partial charge in [0.25, 0.3) is 0 Å². The fourth-order valence-corrected chi connectivity index (χ4v) is 1.82. The molecule has 25 heavy (non-hydrogen) atoms. The minimum absolute atomic E-state index is 0.194. The Morgan fingerprint density at radius 1 is 0.680 bits per heavy atom. The Bertz CT molecular complexity index is 582. The van der Waals surface area contributed by atoms with Crippen LogP contribution < -0.4 is 0 Å². The van der Waals surface area contributed by atoms with Gasteiger partial charge in [0.2, 0.25) is 11.6 Å². The van der Waals surface area contributed by atoms with Gasteiger partial charge in [-0.05, 0) is 13.8 Å². The highest BCUT2D eigenvalue weighted by Crippen LogP contribution is 2.07. The van der Waals surface area contributed by atoms with Crippen molar-refractivity contribution < 1.29 is 23.8 Å². The van der Waals surface area contributed by atoms with Crippen LogP contribution >= 0.6 is 0 Å². The van der Waals surface area contributed by atoms with E-state index in [2.05, 4.69) is 0 Å². The molecular weight excluding hydrogens is 320 g/mol. The molecule has 2 aromatic rings. The standard InChI is InChI=1S/C14H10O2.C6H14O3/c15-13(11-7-3-1-4-8-11)14(16)12-9-5-2-6-10-12;1-5(7-3)9-6(2)8-4/h1-10H;5-6H,1-4H3. The number of hydrogen-bond donors (Lipinski definition) is 0. The zero-order valence-corrected chi connectivity index (χ0v) is 15.0. The lowest BCUT2D eigenvalue weighted by Crippen LogP contribution is -2.19. The number of benzene rings is 2. The number of ether oxygens (including phenoxy) is 3. The van der Waals surface area contributed by atoms with Gasteiger partial charge in [-0.15, -0.1) is 0 Å².